The number of fused-ring (bicyclic) bond motifs is 3. The summed E-state index contributed by atoms with van der Waals surface area (Å²) in [5.74, 6) is 1.83. The number of para-hydroxylation sites is 1. The molecule has 0 spiro atoms. The predicted octanol–water partition coefficient (Wildman–Crippen LogP) is 5.72. The van der Waals surface area contributed by atoms with Crippen LogP contribution in [-0.2, 0) is 0 Å². The fourth-order valence-corrected chi connectivity index (χ4v) is 4.01. The minimum absolute atomic E-state index is 0.177. The van der Waals surface area contributed by atoms with Crippen LogP contribution in [0, 0.1) is 0 Å². The topological polar surface area (TPSA) is 34.1 Å². The highest BCUT2D eigenvalue weighted by atomic mass is 16.5. The monoisotopic (exact) mass is 384 g/mol. The van der Waals surface area contributed by atoms with Crippen molar-refractivity contribution in [2.75, 3.05) is 6.61 Å². The number of rotatable bonds is 5. The second-order valence-electron chi connectivity index (χ2n) is 7.44. The predicted molar refractivity (Wildman–Crippen MR) is 114 cm³/mol. The lowest BCUT2D eigenvalue weighted by Gasteiger charge is -2.38. The summed E-state index contributed by atoms with van der Waals surface area (Å²) in [5, 5.41) is 7.12. The van der Waals surface area contributed by atoms with Crippen LogP contribution >= 0.6 is 0 Å². The molecule has 4 nitrogen and oxygen atoms in total. The van der Waals surface area contributed by atoms with Crippen molar-refractivity contribution in [3.8, 4) is 11.5 Å². The number of hydrogen-bond donors (Lipinski definition) is 0. The zero-order valence-corrected chi connectivity index (χ0v) is 16.5. The first-order chi connectivity index (χ1) is 14.3. The summed E-state index contributed by atoms with van der Waals surface area (Å²) in [4.78, 5) is 0. The molecule has 0 saturated carbocycles. The van der Waals surface area contributed by atoms with Gasteiger partial charge in [-0.1, -0.05) is 55.5 Å². The van der Waals surface area contributed by atoms with Crippen LogP contribution in [0.25, 0.3) is 0 Å². The minimum atomic E-state index is -0.253. The van der Waals surface area contributed by atoms with Crippen LogP contribution in [0.3, 0.4) is 0 Å². The molecule has 2 aliphatic rings. The van der Waals surface area contributed by atoms with Crippen molar-refractivity contribution < 1.29 is 9.47 Å². The highest BCUT2D eigenvalue weighted by Crippen LogP contribution is 2.47. The smallest absolute Gasteiger partial charge is 0.213 e. The van der Waals surface area contributed by atoms with Crippen molar-refractivity contribution in [2.45, 2.75) is 32.0 Å². The average molecular weight is 384 g/mol. The standard InChI is InChI=1S/C25H24N2O2/c1-2-16-28-20-14-12-19(13-15-20)25-27-23(21-10-6-7-11-24(21)29-25)17-22(26-27)18-8-4-3-5-9-18/h3-15,23,25H,2,16-17H2,1H3/t23-,25+/m1/s1. The lowest BCUT2D eigenvalue weighted by atomic mass is 9.96. The van der Waals surface area contributed by atoms with E-state index < -0.39 is 0 Å². The maximum Gasteiger partial charge on any atom is 0.213 e. The van der Waals surface area contributed by atoms with Gasteiger partial charge in [0, 0.05) is 17.5 Å². The third kappa shape index (κ3) is 3.35. The molecule has 0 aliphatic carbocycles. The molecular formula is C25H24N2O2. The maximum atomic E-state index is 6.42. The van der Waals surface area contributed by atoms with E-state index in [1.54, 1.807) is 0 Å². The summed E-state index contributed by atoms with van der Waals surface area (Å²) in [7, 11) is 0. The lowest BCUT2D eigenvalue weighted by Crippen LogP contribution is -2.33. The highest BCUT2D eigenvalue weighted by Gasteiger charge is 2.40. The van der Waals surface area contributed by atoms with E-state index >= 15 is 0 Å². The molecule has 2 atom stereocenters. The van der Waals surface area contributed by atoms with Gasteiger partial charge in [0.15, 0.2) is 0 Å². The van der Waals surface area contributed by atoms with E-state index in [0.29, 0.717) is 0 Å². The Labute approximate surface area is 171 Å². The Morgan fingerprint density at radius 1 is 0.966 bits per heavy atom. The zero-order valence-electron chi connectivity index (χ0n) is 16.5. The molecule has 0 fully saturated rings. The molecule has 4 heteroatoms. The van der Waals surface area contributed by atoms with Crippen LogP contribution in [0.5, 0.6) is 11.5 Å². The van der Waals surface area contributed by atoms with E-state index in [-0.39, 0.29) is 12.3 Å². The number of nitrogens with zero attached hydrogens (tertiary/aromatic N) is 2. The van der Waals surface area contributed by atoms with Crippen molar-refractivity contribution in [1.82, 2.24) is 5.01 Å². The Hall–Kier alpha value is -3.27. The van der Waals surface area contributed by atoms with Crippen molar-refractivity contribution in [3.63, 3.8) is 0 Å². The summed E-state index contributed by atoms with van der Waals surface area (Å²) in [6.45, 7) is 2.84. The van der Waals surface area contributed by atoms with E-state index in [9.17, 15) is 0 Å². The van der Waals surface area contributed by atoms with Gasteiger partial charge in [-0.15, -0.1) is 0 Å². The normalized spacial score (nSPS) is 19.8. The summed E-state index contributed by atoms with van der Waals surface area (Å²) in [6.07, 6.45) is 1.62. The van der Waals surface area contributed by atoms with Crippen molar-refractivity contribution in [3.05, 3.63) is 95.6 Å². The van der Waals surface area contributed by atoms with E-state index in [4.69, 9.17) is 14.6 Å². The quantitative estimate of drug-likeness (QED) is 0.564. The molecule has 2 heterocycles. The molecule has 0 aromatic heterocycles. The summed E-state index contributed by atoms with van der Waals surface area (Å²) < 4.78 is 12.1. The molecule has 0 amide bonds. The Bertz CT molecular complexity index is 1010. The fourth-order valence-electron chi connectivity index (χ4n) is 4.01. The van der Waals surface area contributed by atoms with E-state index in [1.807, 2.05) is 24.3 Å². The van der Waals surface area contributed by atoms with Crippen LogP contribution in [0.1, 0.15) is 48.7 Å². The van der Waals surface area contributed by atoms with Gasteiger partial charge < -0.3 is 9.47 Å². The summed E-state index contributed by atoms with van der Waals surface area (Å²) >= 11 is 0. The Morgan fingerprint density at radius 3 is 2.52 bits per heavy atom. The second kappa shape index (κ2) is 7.63. The molecule has 0 bridgehead atoms. The molecule has 146 valence electrons. The van der Waals surface area contributed by atoms with Crippen LogP contribution in [0.4, 0.5) is 0 Å². The lowest BCUT2D eigenvalue weighted by molar-refractivity contribution is -0.0190. The molecular weight excluding hydrogens is 360 g/mol. The maximum absolute atomic E-state index is 6.42. The molecule has 5 rings (SSSR count). The molecule has 3 aromatic rings. The molecule has 3 aromatic carbocycles. The van der Waals surface area contributed by atoms with Crippen molar-refractivity contribution in [2.24, 2.45) is 5.10 Å². The third-order valence-electron chi connectivity index (χ3n) is 5.44. The third-order valence-corrected chi connectivity index (χ3v) is 5.44. The van der Waals surface area contributed by atoms with Gasteiger partial charge in [-0.25, -0.2) is 5.01 Å². The molecule has 0 N–H and O–H groups in total. The van der Waals surface area contributed by atoms with Crippen molar-refractivity contribution >= 4 is 5.71 Å². The van der Waals surface area contributed by atoms with E-state index in [2.05, 4.69) is 66.5 Å². The number of hydrogen-bond acceptors (Lipinski definition) is 4. The number of ether oxygens (including phenoxy) is 2. The molecule has 0 saturated heterocycles. The van der Waals surface area contributed by atoms with E-state index in [0.717, 1.165) is 42.2 Å². The Kier molecular flexibility index (Phi) is 4.68. The van der Waals surface area contributed by atoms with Gasteiger partial charge in [0.1, 0.15) is 11.5 Å². The van der Waals surface area contributed by atoms with Crippen LogP contribution in [-0.4, -0.2) is 17.3 Å². The fraction of sp³-hybridized carbons (Fsp3) is 0.240. The van der Waals surface area contributed by atoms with Gasteiger partial charge in [-0.2, -0.15) is 5.10 Å². The molecule has 2 aliphatic heterocycles. The molecule has 29 heavy (non-hydrogen) atoms. The number of benzene rings is 3. The second-order valence-corrected chi connectivity index (χ2v) is 7.44. The first kappa shape index (κ1) is 17.8. The molecule has 0 radical (unpaired) electrons. The SMILES string of the molecule is CCCOc1ccc([C@@H]2Oc3ccccc3[C@H]3CC(c4ccccc4)=NN32)cc1. The first-order valence-corrected chi connectivity index (χ1v) is 10.2. The molecule has 0 unspecified atom stereocenters. The summed E-state index contributed by atoms with van der Waals surface area (Å²) in [6, 6.07) is 27.1. The van der Waals surface area contributed by atoms with Crippen LogP contribution in [0.15, 0.2) is 84.0 Å². The van der Waals surface area contributed by atoms with Crippen LogP contribution in [0.2, 0.25) is 0 Å². The van der Waals surface area contributed by atoms with Gasteiger partial charge in [-0.05, 0) is 42.3 Å². The van der Waals surface area contributed by atoms with E-state index in [1.165, 1.54) is 11.1 Å². The highest BCUT2D eigenvalue weighted by molar-refractivity contribution is 6.01. The largest absolute Gasteiger partial charge is 0.494 e. The Morgan fingerprint density at radius 2 is 1.72 bits per heavy atom. The van der Waals surface area contributed by atoms with Gasteiger partial charge in [0.05, 0.1) is 18.4 Å². The van der Waals surface area contributed by atoms with Gasteiger partial charge >= 0.3 is 0 Å². The van der Waals surface area contributed by atoms with Crippen LogP contribution < -0.4 is 9.47 Å². The zero-order chi connectivity index (χ0) is 19.6. The minimum Gasteiger partial charge on any atom is -0.494 e. The van der Waals surface area contributed by atoms with Crippen molar-refractivity contribution in [1.29, 1.82) is 0 Å². The van der Waals surface area contributed by atoms with Gasteiger partial charge in [0.25, 0.3) is 0 Å². The van der Waals surface area contributed by atoms with Gasteiger partial charge in [0.2, 0.25) is 6.23 Å². The van der Waals surface area contributed by atoms with Gasteiger partial charge in [-0.3, -0.25) is 0 Å². The number of hydrazone groups is 1. The summed E-state index contributed by atoms with van der Waals surface area (Å²) in [5.41, 5.74) is 4.54. The average Bonchev–Trinajstić information content (AvgIpc) is 3.24. The Balaban J connectivity index is 1.50. The first-order valence-electron chi connectivity index (χ1n) is 10.2.